The monoisotopic (exact) mass is 380 g/mol. The van der Waals surface area contributed by atoms with Crippen LogP contribution in [0.1, 0.15) is 5.56 Å². The van der Waals surface area contributed by atoms with Gasteiger partial charge in [-0.25, -0.2) is 4.79 Å². The van der Waals surface area contributed by atoms with Crippen LogP contribution in [-0.4, -0.2) is 26.0 Å². The van der Waals surface area contributed by atoms with Crippen LogP contribution >= 0.6 is 23.2 Å². The van der Waals surface area contributed by atoms with Gasteiger partial charge >= 0.3 is 5.97 Å². The summed E-state index contributed by atoms with van der Waals surface area (Å²) in [5, 5.41) is 0.930. The Morgan fingerprint density at radius 1 is 1.08 bits per heavy atom. The van der Waals surface area contributed by atoms with Gasteiger partial charge in [-0.3, -0.25) is 0 Å². The zero-order valence-corrected chi connectivity index (χ0v) is 14.5. The molecule has 0 radical (unpaired) electrons. The Balaban J connectivity index is 1.43. The number of fused-ring (bicyclic) bond motifs is 1. The fraction of sp³-hybridized carbons (Fsp3) is 0.167. The zero-order valence-electron chi connectivity index (χ0n) is 13.0. The lowest BCUT2D eigenvalue weighted by Gasteiger charge is -2.08. The van der Waals surface area contributed by atoms with E-state index in [0.717, 1.165) is 5.56 Å². The van der Waals surface area contributed by atoms with Gasteiger partial charge in [0.15, 0.2) is 11.5 Å². The Labute approximate surface area is 154 Å². The maximum atomic E-state index is 11.7. The first kappa shape index (κ1) is 17.5. The second-order valence-electron chi connectivity index (χ2n) is 5.04. The summed E-state index contributed by atoms with van der Waals surface area (Å²) >= 11 is 11.8. The third-order valence-corrected chi connectivity index (χ3v) is 3.82. The van der Waals surface area contributed by atoms with E-state index in [0.29, 0.717) is 27.3 Å². The molecule has 0 saturated heterocycles. The van der Waals surface area contributed by atoms with Crippen molar-refractivity contribution in [1.29, 1.82) is 0 Å². The van der Waals surface area contributed by atoms with Crippen molar-refractivity contribution in [3.8, 4) is 17.2 Å². The van der Waals surface area contributed by atoms with Crippen molar-refractivity contribution in [3.63, 3.8) is 0 Å². The van der Waals surface area contributed by atoms with Crippen molar-refractivity contribution in [3.05, 3.63) is 58.1 Å². The number of hydrogen-bond donors (Lipinski definition) is 0. The van der Waals surface area contributed by atoms with E-state index < -0.39 is 5.97 Å². The van der Waals surface area contributed by atoms with Crippen molar-refractivity contribution < 1.29 is 23.7 Å². The summed E-state index contributed by atoms with van der Waals surface area (Å²) in [6.45, 7) is 0.496. The standard InChI is InChI=1S/C18H14Cl2O5/c19-13-3-5-15(14(20)10-13)22-7-8-23-18(21)6-2-12-1-4-16-17(9-12)25-11-24-16/h1-6,9-10H,7-8,11H2/b6-2+. The van der Waals surface area contributed by atoms with Crippen molar-refractivity contribution in [2.45, 2.75) is 0 Å². The van der Waals surface area contributed by atoms with Crippen molar-refractivity contribution >= 4 is 35.2 Å². The molecule has 1 aliphatic heterocycles. The topological polar surface area (TPSA) is 54.0 Å². The van der Waals surface area contributed by atoms with Gasteiger partial charge in [0.2, 0.25) is 6.79 Å². The Morgan fingerprint density at radius 3 is 2.76 bits per heavy atom. The number of rotatable bonds is 6. The average Bonchev–Trinajstić information content (AvgIpc) is 3.06. The van der Waals surface area contributed by atoms with Crippen LogP contribution in [0.2, 0.25) is 10.0 Å². The van der Waals surface area contributed by atoms with Crippen LogP contribution in [0.3, 0.4) is 0 Å². The van der Waals surface area contributed by atoms with Crippen LogP contribution in [0.15, 0.2) is 42.5 Å². The van der Waals surface area contributed by atoms with Gasteiger partial charge in [0.25, 0.3) is 0 Å². The van der Waals surface area contributed by atoms with Crippen LogP contribution in [0, 0.1) is 0 Å². The number of carbonyl (C=O) groups excluding carboxylic acids is 1. The van der Waals surface area contributed by atoms with Crippen LogP contribution in [0.5, 0.6) is 17.2 Å². The Hall–Kier alpha value is -2.37. The predicted octanol–water partition coefficient (Wildman–Crippen LogP) is 4.36. The number of carbonyl (C=O) groups is 1. The molecule has 0 saturated carbocycles. The molecule has 0 aromatic heterocycles. The molecule has 0 bridgehead atoms. The SMILES string of the molecule is O=C(/C=C/c1ccc2c(c1)OCO2)OCCOc1ccc(Cl)cc1Cl. The molecular weight excluding hydrogens is 367 g/mol. The van der Waals surface area contributed by atoms with E-state index in [4.69, 9.17) is 42.1 Å². The van der Waals surface area contributed by atoms with Crippen LogP contribution in [0.4, 0.5) is 0 Å². The predicted molar refractivity (Wildman–Crippen MR) is 94.5 cm³/mol. The van der Waals surface area contributed by atoms with E-state index in [9.17, 15) is 4.79 Å². The van der Waals surface area contributed by atoms with E-state index in [1.807, 2.05) is 6.07 Å². The highest BCUT2D eigenvalue weighted by molar-refractivity contribution is 6.35. The maximum absolute atomic E-state index is 11.7. The normalized spacial score (nSPS) is 12.4. The summed E-state index contributed by atoms with van der Waals surface area (Å²) in [7, 11) is 0. The van der Waals surface area contributed by atoms with Gasteiger partial charge in [0.1, 0.15) is 19.0 Å². The van der Waals surface area contributed by atoms with E-state index in [-0.39, 0.29) is 20.0 Å². The molecule has 1 heterocycles. The number of ether oxygens (including phenoxy) is 4. The Bertz CT molecular complexity index is 804. The number of halogens is 2. The molecule has 2 aromatic rings. The smallest absolute Gasteiger partial charge is 0.330 e. The maximum Gasteiger partial charge on any atom is 0.330 e. The van der Waals surface area contributed by atoms with Crippen LogP contribution < -0.4 is 14.2 Å². The second-order valence-corrected chi connectivity index (χ2v) is 5.88. The molecule has 3 rings (SSSR count). The van der Waals surface area contributed by atoms with Gasteiger partial charge in [-0.15, -0.1) is 0 Å². The molecule has 0 N–H and O–H groups in total. The fourth-order valence-corrected chi connectivity index (χ4v) is 2.58. The van der Waals surface area contributed by atoms with E-state index in [1.165, 1.54) is 6.08 Å². The minimum atomic E-state index is -0.469. The lowest BCUT2D eigenvalue weighted by molar-refractivity contribution is -0.138. The lowest BCUT2D eigenvalue weighted by Crippen LogP contribution is -2.10. The molecule has 130 valence electrons. The highest BCUT2D eigenvalue weighted by atomic mass is 35.5. The summed E-state index contributed by atoms with van der Waals surface area (Å²) in [4.78, 5) is 11.7. The fourth-order valence-electron chi connectivity index (χ4n) is 2.12. The molecule has 2 aromatic carbocycles. The van der Waals surface area contributed by atoms with Crippen molar-refractivity contribution in [2.75, 3.05) is 20.0 Å². The first-order valence-corrected chi connectivity index (χ1v) is 8.20. The third kappa shape index (κ3) is 4.81. The molecule has 0 amide bonds. The Morgan fingerprint density at radius 2 is 1.92 bits per heavy atom. The van der Waals surface area contributed by atoms with Gasteiger partial charge < -0.3 is 18.9 Å². The number of hydrogen-bond acceptors (Lipinski definition) is 5. The first-order valence-electron chi connectivity index (χ1n) is 7.44. The molecule has 0 fully saturated rings. The quantitative estimate of drug-likeness (QED) is 0.423. The average molecular weight is 381 g/mol. The number of esters is 1. The van der Waals surface area contributed by atoms with E-state index >= 15 is 0 Å². The van der Waals surface area contributed by atoms with Gasteiger partial charge in [0.05, 0.1) is 5.02 Å². The van der Waals surface area contributed by atoms with Gasteiger partial charge in [0, 0.05) is 11.1 Å². The summed E-state index contributed by atoms with van der Waals surface area (Å²) < 4.78 is 21.0. The lowest BCUT2D eigenvalue weighted by atomic mass is 10.2. The van der Waals surface area contributed by atoms with E-state index in [1.54, 1.807) is 36.4 Å². The summed E-state index contributed by atoms with van der Waals surface area (Å²) in [5.41, 5.74) is 0.811. The molecule has 0 unspecified atom stereocenters. The third-order valence-electron chi connectivity index (χ3n) is 3.29. The summed E-state index contributed by atoms with van der Waals surface area (Å²) in [6, 6.07) is 10.3. The minimum Gasteiger partial charge on any atom is -0.488 e. The highest BCUT2D eigenvalue weighted by Gasteiger charge is 2.12. The molecule has 25 heavy (non-hydrogen) atoms. The van der Waals surface area contributed by atoms with Gasteiger partial charge in [-0.1, -0.05) is 29.3 Å². The molecule has 5 nitrogen and oxygen atoms in total. The van der Waals surface area contributed by atoms with Crippen molar-refractivity contribution in [2.24, 2.45) is 0 Å². The largest absolute Gasteiger partial charge is 0.488 e. The van der Waals surface area contributed by atoms with Crippen LogP contribution in [0.25, 0.3) is 6.08 Å². The minimum absolute atomic E-state index is 0.100. The molecule has 0 atom stereocenters. The summed E-state index contributed by atoms with van der Waals surface area (Å²) in [6.07, 6.45) is 2.98. The Kier molecular flexibility index (Phi) is 5.68. The molecular formula is C18H14Cl2O5. The van der Waals surface area contributed by atoms with Gasteiger partial charge in [-0.05, 0) is 42.0 Å². The highest BCUT2D eigenvalue weighted by Crippen LogP contribution is 2.32. The zero-order chi connectivity index (χ0) is 17.6. The van der Waals surface area contributed by atoms with Crippen molar-refractivity contribution in [1.82, 2.24) is 0 Å². The number of benzene rings is 2. The molecule has 1 aliphatic rings. The molecule has 7 heteroatoms. The van der Waals surface area contributed by atoms with Crippen LogP contribution in [-0.2, 0) is 9.53 Å². The second kappa shape index (κ2) is 8.14. The van der Waals surface area contributed by atoms with Gasteiger partial charge in [-0.2, -0.15) is 0 Å². The molecule has 0 spiro atoms. The molecule has 0 aliphatic carbocycles. The van der Waals surface area contributed by atoms with E-state index in [2.05, 4.69) is 0 Å². The summed E-state index contributed by atoms with van der Waals surface area (Å²) in [5.74, 6) is 1.36. The first-order chi connectivity index (χ1) is 12.1.